The molecule has 16 heavy (non-hydrogen) atoms. The van der Waals surface area contributed by atoms with Crippen molar-refractivity contribution in [3.8, 4) is 0 Å². The molecule has 1 heterocycles. The maximum absolute atomic E-state index is 11.7. The molecule has 0 spiro atoms. The molecular weight excluding hydrogens is 226 g/mol. The first-order chi connectivity index (χ1) is 7.57. The van der Waals surface area contributed by atoms with Crippen LogP contribution >= 0.6 is 10.6 Å². The lowest BCUT2D eigenvalue weighted by atomic mass is 10.2. The van der Waals surface area contributed by atoms with Crippen molar-refractivity contribution in [1.82, 2.24) is 5.32 Å². The van der Waals surface area contributed by atoms with Crippen LogP contribution in [0.25, 0.3) is 0 Å². The smallest absolute Gasteiger partial charge is 0.251 e. The summed E-state index contributed by atoms with van der Waals surface area (Å²) in [6.45, 7) is 0. The number of hydrogen-bond acceptors (Lipinski definition) is 3. The molecule has 1 amide bonds. The van der Waals surface area contributed by atoms with Crippen LogP contribution in [0.15, 0.2) is 30.3 Å². The molecule has 1 aliphatic heterocycles. The second-order valence-electron chi connectivity index (χ2n) is 4.00. The highest BCUT2D eigenvalue weighted by atomic mass is 32.3. The Kier molecular flexibility index (Phi) is 3.18. The average molecular weight is 241 g/mol. The van der Waals surface area contributed by atoms with Crippen LogP contribution in [0.5, 0.6) is 0 Å². The molecule has 0 aromatic heterocycles. The summed E-state index contributed by atoms with van der Waals surface area (Å²) in [5.41, 5.74) is 0.603. The Balaban J connectivity index is 1.94. The summed E-state index contributed by atoms with van der Waals surface area (Å²) < 4.78 is 18.9. The highest BCUT2D eigenvalue weighted by Gasteiger charge is 2.29. The molecule has 0 radical (unpaired) electrons. The normalized spacial score (nSPS) is 25.0. The molecule has 4 nitrogen and oxygen atoms in total. The molecule has 0 aliphatic carbocycles. The van der Waals surface area contributed by atoms with Crippen LogP contribution in [-0.2, 0) is 0 Å². The van der Waals surface area contributed by atoms with Gasteiger partial charge in [-0.25, -0.2) is 0 Å². The zero-order valence-electron chi connectivity index (χ0n) is 8.80. The molecule has 0 bridgehead atoms. The highest BCUT2D eigenvalue weighted by Crippen LogP contribution is 2.45. The minimum Gasteiger partial charge on any atom is -0.348 e. The number of carbonyl (C=O) groups excluding carboxylic acids is 1. The lowest BCUT2D eigenvalue weighted by Crippen LogP contribution is -2.35. The Labute approximate surface area is 96.0 Å². The fourth-order valence-electron chi connectivity index (χ4n) is 1.79. The molecule has 5 heteroatoms. The van der Waals surface area contributed by atoms with Crippen molar-refractivity contribution < 1.29 is 13.9 Å². The van der Waals surface area contributed by atoms with Gasteiger partial charge in [0.05, 0.1) is 5.75 Å². The minimum atomic E-state index is -2.44. The number of rotatable bonds is 2. The van der Waals surface area contributed by atoms with E-state index in [0.29, 0.717) is 17.7 Å². The first-order valence-corrected chi connectivity index (χ1v) is 7.05. The number of amides is 1. The van der Waals surface area contributed by atoms with Gasteiger partial charge in [0, 0.05) is 17.4 Å². The van der Waals surface area contributed by atoms with E-state index >= 15 is 0 Å². The summed E-state index contributed by atoms with van der Waals surface area (Å²) in [4.78, 5) is 11.7. The number of carbonyl (C=O) groups is 1. The van der Waals surface area contributed by atoms with Crippen LogP contribution in [0.1, 0.15) is 16.8 Å². The number of benzene rings is 1. The van der Waals surface area contributed by atoms with E-state index in [-0.39, 0.29) is 17.7 Å². The van der Waals surface area contributed by atoms with E-state index < -0.39 is 10.6 Å². The van der Waals surface area contributed by atoms with Crippen LogP contribution in [0.2, 0.25) is 0 Å². The quantitative estimate of drug-likeness (QED) is 0.741. The van der Waals surface area contributed by atoms with Gasteiger partial charge in [-0.1, -0.05) is 18.2 Å². The Bertz CT molecular complexity index is 380. The van der Waals surface area contributed by atoms with Crippen molar-refractivity contribution in [3.63, 3.8) is 0 Å². The molecule has 1 fully saturated rings. The summed E-state index contributed by atoms with van der Waals surface area (Å²) in [6, 6.07) is 8.82. The van der Waals surface area contributed by atoms with E-state index in [1.165, 1.54) is 0 Å². The summed E-state index contributed by atoms with van der Waals surface area (Å²) in [7, 11) is -2.44. The first kappa shape index (κ1) is 11.4. The number of nitrogens with one attached hydrogen (secondary N) is 1. The van der Waals surface area contributed by atoms with Gasteiger partial charge in [-0.05, 0) is 18.6 Å². The van der Waals surface area contributed by atoms with Gasteiger partial charge < -0.3 is 5.32 Å². The summed E-state index contributed by atoms with van der Waals surface area (Å²) in [5.74, 6) is 0.529. The maximum atomic E-state index is 11.7. The van der Waals surface area contributed by atoms with Crippen molar-refractivity contribution in [1.29, 1.82) is 0 Å². The molecule has 88 valence electrons. The zero-order chi connectivity index (χ0) is 11.6. The van der Waals surface area contributed by atoms with Gasteiger partial charge in [0.2, 0.25) is 0 Å². The molecule has 2 rings (SSSR count). The lowest BCUT2D eigenvalue weighted by molar-refractivity contribution is 0.0941. The van der Waals surface area contributed by atoms with E-state index in [0.717, 1.165) is 0 Å². The van der Waals surface area contributed by atoms with Crippen LogP contribution in [-0.4, -0.2) is 32.6 Å². The third-order valence-corrected chi connectivity index (χ3v) is 4.46. The predicted molar refractivity (Wildman–Crippen MR) is 64.9 cm³/mol. The molecule has 1 aromatic rings. The predicted octanol–water partition coefficient (Wildman–Crippen LogP) is 1.94. The van der Waals surface area contributed by atoms with Crippen molar-refractivity contribution in [3.05, 3.63) is 35.9 Å². The standard InChI is InChI=1S/C11H15NO3S/c13-11(9-4-2-1-3-5-9)12-10-6-7-16(14,15)8-10/h1-5,10,14-15H,6-8H2,(H,12,13)/t10-/m0/s1. The Morgan fingerprint density at radius 2 is 2.00 bits per heavy atom. The largest absolute Gasteiger partial charge is 0.348 e. The topological polar surface area (TPSA) is 69.6 Å². The molecule has 1 aromatic carbocycles. The third kappa shape index (κ3) is 2.75. The molecule has 0 saturated carbocycles. The Hall–Kier alpha value is -1.04. The molecule has 3 N–H and O–H groups in total. The summed E-state index contributed by atoms with van der Waals surface area (Å²) >= 11 is 0. The van der Waals surface area contributed by atoms with E-state index in [4.69, 9.17) is 0 Å². The molecular formula is C11H15NO3S. The van der Waals surface area contributed by atoms with Gasteiger partial charge in [-0.15, -0.1) is 0 Å². The van der Waals surface area contributed by atoms with Gasteiger partial charge in [-0.2, -0.15) is 10.6 Å². The van der Waals surface area contributed by atoms with Crippen LogP contribution in [0, 0.1) is 0 Å². The van der Waals surface area contributed by atoms with Crippen molar-refractivity contribution in [2.45, 2.75) is 12.5 Å². The van der Waals surface area contributed by atoms with Gasteiger partial charge in [-0.3, -0.25) is 13.9 Å². The monoisotopic (exact) mass is 241 g/mol. The summed E-state index contributed by atoms with van der Waals surface area (Å²) in [6.07, 6.45) is 0.640. The maximum Gasteiger partial charge on any atom is 0.251 e. The number of hydrogen-bond donors (Lipinski definition) is 3. The minimum absolute atomic E-state index is 0.113. The average Bonchev–Trinajstić information content (AvgIpc) is 2.59. The molecule has 1 atom stereocenters. The second kappa shape index (κ2) is 4.45. The van der Waals surface area contributed by atoms with Gasteiger partial charge in [0.25, 0.3) is 5.91 Å². The summed E-state index contributed by atoms with van der Waals surface area (Å²) in [5, 5.41) is 2.81. The zero-order valence-corrected chi connectivity index (χ0v) is 9.61. The van der Waals surface area contributed by atoms with E-state index in [1.54, 1.807) is 24.3 Å². The SMILES string of the molecule is O=C(N[C@H]1CCS(O)(O)C1)c1ccccc1. The van der Waals surface area contributed by atoms with Crippen molar-refractivity contribution >= 4 is 16.5 Å². The van der Waals surface area contributed by atoms with Gasteiger partial charge in [0.15, 0.2) is 0 Å². The van der Waals surface area contributed by atoms with Gasteiger partial charge >= 0.3 is 0 Å². The molecule has 0 unspecified atom stereocenters. The third-order valence-electron chi connectivity index (χ3n) is 2.63. The molecule has 1 saturated heterocycles. The van der Waals surface area contributed by atoms with Crippen molar-refractivity contribution in [2.24, 2.45) is 0 Å². The highest BCUT2D eigenvalue weighted by molar-refractivity contribution is 8.24. The Morgan fingerprint density at radius 3 is 2.56 bits per heavy atom. The first-order valence-electron chi connectivity index (χ1n) is 5.16. The fraction of sp³-hybridized carbons (Fsp3) is 0.364. The Morgan fingerprint density at radius 1 is 1.31 bits per heavy atom. The van der Waals surface area contributed by atoms with Crippen molar-refractivity contribution in [2.75, 3.05) is 11.5 Å². The molecule has 1 aliphatic rings. The fourth-order valence-corrected chi connectivity index (χ4v) is 3.52. The van der Waals surface area contributed by atoms with Crippen LogP contribution < -0.4 is 5.32 Å². The van der Waals surface area contributed by atoms with Crippen LogP contribution in [0.4, 0.5) is 0 Å². The van der Waals surface area contributed by atoms with Crippen LogP contribution in [0.3, 0.4) is 0 Å². The lowest BCUT2D eigenvalue weighted by Gasteiger charge is -2.26. The van der Waals surface area contributed by atoms with E-state index in [1.807, 2.05) is 6.07 Å². The van der Waals surface area contributed by atoms with E-state index in [9.17, 15) is 13.9 Å². The van der Waals surface area contributed by atoms with E-state index in [2.05, 4.69) is 5.32 Å². The van der Waals surface area contributed by atoms with Gasteiger partial charge in [0.1, 0.15) is 0 Å². The second-order valence-corrected chi connectivity index (χ2v) is 6.34.